The van der Waals surface area contributed by atoms with Crippen LogP contribution in [0.4, 0.5) is 4.79 Å². The van der Waals surface area contributed by atoms with Crippen molar-refractivity contribution in [3.8, 4) is 0 Å². The van der Waals surface area contributed by atoms with Crippen molar-refractivity contribution in [2.45, 2.75) is 39.3 Å². The smallest absolute Gasteiger partial charge is 0.326 e. The number of amides is 2. The van der Waals surface area contributed by atoms with Crippen molar-refractivity contribution >= 4 is 12.0 Å². The lowest BCUT2D eigenvalue weighted by molar-refractivity contribution is -0.139. The topological polar surface area (TPSA) is 78.9 Å². The van der Waals surface area contributed by atoms with Gasteiger partial charge in [-0.15, -0.1) is 0 Å². The minimum Gasteiger partial charge on any atom is -0.480 e. The second-order valence-corrected chi connectivity index (χ2v) is 4.89. The van der Waals surface area contributed by atoms with Crippen molar-refractivity contribution in [2.75, 3.05) is 20.8 Å². The molecule has 0 aliphatic rings. The summed E-state index contributed by atoms with van der Waals surface area (Å²) >= 11 is 0. The Bertz CT molecular complexity index is 281. The number of aliphatic carboxylic acids is 1. The number of hydrogen-bond acceptors (Lipinski definition) is 3. The van der Waals surface area contributed by atoms with Gasteiger partial charge in [0.25, 0.3) is 0 Å². The average molecular weight is 260 g/mol. The molecule has 0 aromatic rings. The SMILES string of the molecule is COCC(C)N(C)C(=O)N[C@H](CC(C)C)C(=O)O. The van der Waals surface area contributed by atoms with E-state index in [1.807, 2.05) is 20.8 Å². The lowest BCUT2D eigenvalue weighted by atomic mass is 10.0. The van der Waals surface area contributed by atoms with Crippen LogP contribution in [0.15, 0.2) is 0 Å². The van der Waals surface area contributed by atoms with E-state index in [9.17, 15) is 9.59 Å². The zero-order chi connectivity index (χ0) is 14.3. The summed E-state index contributed by atoms with van der Waals surface area (Å²) in [4.78, 5) is 24.3. The van der Waals surface area contributed by atoms with Gasteiger partial charge in [-0.3, -0.25) is 0 Å². The van der Waals surface area contributed by atoms with Crippen LogP contribution < -0.4 is 5.32 Å². The number of nitrogens with zero attached hydrogens (tertiary/aromatic N) is 1. The molecule has 0 bridgehead atoms. The van der Waals surface area contributed by atoms with Gasteiger partial charge in [0.2, 0.25) is 0 Å². The first-order chi connectivity index (χ1) is 8.29. The quantitative estimate of drug-likeness (QED) is 0.720. The Morgan fingerprint density at radius 2 is 1.89 bits per heavy atom. The number of carbonyl (C=O) groups is 2. The molecular weight excluding hydrogens is 236 g/mol. The fourth-order valence-electron chi connectivity index (χ4n) is 1.50. The largest absolute Gasteiger partial charge is 0.480 e. The van der Waals surface area contributed by atoms with Crippen molar-refractivity contribution in [1.82, 2.24) is 10.2 Å². The van der Waals surface area contributed by atoms with Crippen molar-refractivity contribution in [3.05, 3.63) is 0 Å². The molecular formula is C12H24N2O4. The van der Waals surface area contributed by atoms with E-state index in [4.69, 9.17) is 9.84 Å². The molecule has 0 fully saturated rings. The molecule has 0 aromatic heterocycles. The third kappa shape index (κ3) is 5.86. The molecule has 0 heterocycles. The second kappa shape index (κ2) is 7.92. The van der Waals surface area contributed by atoms with Gasteiger partial charge in [0.1, 0.15) is 6.04 Å². The van der Waals surface area contributed by atoms with E-state index in [1.165, 1.54) is 4.90 Å². The van der Waals surface area contributed by atoms with Crippen molar-refractivity contribution in [2.24, 2.45) is 5.92 Å². The normalized spacial score (nSPS) is 14.1. The minimum atomic E-state index is -1.01. The fourth-order valence-corrected chi connectivity index (χ4v) is 1.50. The van der Waals surface area contributed by atoms with E-state index < -0.39 is 18.0 Å². The van der Waals surface area contributed by atoms with E-state index in [0.717, 1.165) is 0 Å². The number of methoxy groups -OCH3 is 1. The monoisotopic (exact) mass is 260 g/mol. The summed E-state index contributed by atoms with van der Waals surface area (Å²) in [6.45, 7) is 6.08. The molecule has 0 saturated carbocycles. The van der Waals surface area contributed by atoms with Gasteiger partial charge < -0.3 is 20.1 Å². The van der Waals surface area contributed by atoms with Crippen molar-refractivity contribution in [3.63, 3.8) is 0 Å². The molecule has 0 radical (unpaired) electrons. The van der Waals surface area contributed by atoms with Gasteiger partial charge in [0.15, 0.2) is 0 Å². The number of ether oxygens (including phenoxy) is 1. The van der Waals surface area contributed by atoms with Crippen LogP contribution in [0.2, 0.25) is 0 Å². The molecule has 2 N–H and O–H groups in total. The van der Waals surface area contributed by atoms with Gasteiger partial charge >= 0.3 is 12.0 Å². The van der Waals surface area contributed by atoms with Crippen LogP contribution in [0.25, 0.3) is 0 Å². The van der Waals surface area contributed by atoms with Crippen molar-refractivity contribution in [1.29, 1.82) is 0 Å². The highest BCUT2D eigenvalue weighted by Gasteiger charge is 2.24. The molecule has 0 spiro atoms. The summed E-state index contributed by atoms with van der Waals surface area (Å²) in [6.07, 6.45) is 0.410. The molecule has 106 valence electrons. The van der Waals surface area contributed by atoms with Crippen LogP contribution in [0.5, 0.6) is 0 Å². The lowest BCUT2D eigenvalue weighted by Gasteiger charge is -2.26. The maximum absolute atomic E-state index is 11.9. The summed E-state index contributed by atoms with van der Waals surface area (Å²) in [5.74, 6) is -0.807. The Hall–Kier alpha value is -1.30. The van der Waals surface area contributed by atoms with Gasteiger partial charge in [0, 0.05) is 14.2 Å². The Kier molecular flexibility index (Phi) is 7.35. The van der Waals surface area contributed by atoms with Crippen LogP contribution in [0, 0.1) is 5.92 Å². The third-order valence-electron chi connectivity index (χ3n) is 2.69. The first-order valence-electron chi connectivity index (χ1n) is 6.04. The standard InChI is InChI=1S/C12H24N2O4/c1-8(2)6-10(11(15)16)13-12(17)14(4)9(3)7-18-5/h8-10H,6-7H2,1-5H3,(H,13,17)(H,15,16)/t9?,10-/m1/s1. The van der Waals surface area contributed by atoms with Gasteiger partial charge in [-0.1, -0.05) is 13.8 Å². The Balaban J connectivity index is 4.45. The first kappa shape index (κ1) is 16.7. The Labute approximate surface area is 108 Å². The maximum Gasteiger partial charge on any atom is 0.326 e. The Morgan fingerprint density at radius 3 is 2.28 bits per heavy atom. The van der Waals surface area contributed by atoms with Crippen LogP contribution in [0.3, 0.4) is 0 Å². The fraction of sp³-hybridized carbons (Fsp3) is 0.833. The highest BCUT2D eigenvalue weighted by atomic mass is 16.5. The molecule has 0 aliphatic heterocycles. The van der Waals surface area contributed by atoms with E-state index >= 15 is 0 Å². The molecule has 0 aromatic carbocycles. The number of carboxylic acid groups (broad SMARTS) is 1. The molecule has 6 heteroatoms. The van der Waals surface area contributed by atoms with Crippen LogP contribution in [-0.4, -0.2) is 54.9 Å². The summed E-state index contributed by atoms with van der Waals surface area (Å²) in [7, 11) is 3.17. The summed E-state index contributed by atoms with van der Waals surface area (Å²) in [5.41, 5.74) is 0. The summed E-state index contributed by atoms with van der Waals surface area (Å²) in [6, 6.07) is -1.36. The lowest BCUT2D eigenvalue weighted by Crippen LogP contribution is -2.50. The molecule has 2 atom stereocenters. The van der Waals surface area contributed by atoms with Gasteiger partial charge in [-0.05, 0) is 19.3 Å². The van der Waals surface area contributed by atoms with Gasteiger partial charge in [-0.25, -0.2) is 9.59 Å². The van der Waals surface area contributed by atoms with E-state index in [0.29, 0.717) is 13.0 Å². The van der Waals surface area contributed by atoms with Crippen LogP contribution >= 0.6 is 0 Å². The third-order valence-corrected chi connectivity index (χ3v) is 2.69. The van der Waals surface area contributed by atoms with E-state index in [1.54, 1.807) is 14.2 Å². The number of urea groups is 1. The van der Waals surface area contributed by atoms with Gasteiger partial charge in [0.05, 0.1) is 12.6 Å². The number of rotatable bonds is 7. The highest BCUT2D eigenvalue weighted by Crippen LogP contribution is 2.06. The second-order valence-electron chi connectivity index (χ2n) is 4.89. The number of likely N-dealkylation sites (N-methyl/N-ethyl adjacent to an activating group) is 1. The molecule has 1 unspecified atom stereocenters. The predicted octanol–water partition coefficient (Wildman–Crippen LogP) is 1.16. The zero-order valence-corrected chi connectivity index (χ0v) is 11.8. The zero-order valence-electron chi connectivity index (χ0n) is 11.8. The molecule has 0 saturated heterocycles. The molecule has 6 nitrogen and oxygen atoms in total. The number of hydrogen-bond donors (Lipinski definition) is 2. The van der Waals surface area contributed by atoms with Crippen LogP contribution in [-0.2, 0) is 9.53 Å². The molecule has 0 rings (SSSR count). The first-order valence-corrected chi connectivity index (χ1v) is 6.04. The van der Waals surface area contributed by atoms with E-state index in [-0.39, 0.29) is 12.0 Å². The number of carbonyl (C=O) groups excluding carboxylic acids is 1. The highest BCUT2D eigenvalue weighted by molar-refractivity contribution is 5.82. The summed E-state index contributed by atoms with van der Waals surface area (Å²) < 4.78 is 4.95. The molecule has 2 amide bonds. The summed E-state index contributed by atoms with van der Waals surface area (Å²) in [5, 5.41) is 11.6. The van der Waals surface area contributed by atoms with E-state index in [2.05, 4.69) is 5.32 Å². The average Bonchev–Trinajstić information content (AvgIpc) is 2.26. The van der Waals surface area contributed by atoms with Crippen molar-refractivity contribution < 1.29 is 19.4 Å². The molecule has 0 aliphatic carbocycles. The van der Waals surface area contributed by atoms with Crippen LogP contribution in [0.1, 0.15) is 27.2 Å². The predicted molar refractivity (Wildman–Crippen MR) is 68.5 cm³/mol. The Morgan fingerprint density at radius 1 is 1.33 bits per heavy atom. The minimum absolute atomic E-state index is 0.108. The molecule has 18 heavy (non-hydrogen) atoms. The van der Waals surface area contributed by atoms with Gasteiger partial charge in [-0.2, -0.15) is 0 Å². The maximum atomic E-state index is 11.9. The number of nitrogens with one attached hydrogen (secondary N) is 1. The number of carboxylic acids is 1.